The van der Waals surface area contributed by atoms with E-state index in [1.54, 1.807) is 35.2 Å². The van der Waals surface area contributed by atoms with Gasteiger partial charge in [-0.25, -0.2) is 8.42 Å². The first-order valence-corrected chi connectivity index (χ1v) is 12.8. The Morgan fingerprint density at radius 1 is 1.03 bits per heavy atom. The highest BCUT2D eigenvalue weighted by molar-refractivity contribution is 7.91. The van der Waals surface area contributed by atoms with Gasteiger partial charge in [-0.3, -0.25) is 10.2 Å². The van der Waals surface area contributed by atoms with Gasteiger partial charge in [-0.2, -0.15) is 4.31 Å². The van der Waals surface area contributed by atoms with Gasteiger partial charge in [-0.15, -0.1) is 22.7 Å². The molecular formula is C20H19ClN4O3S3. The number of piperazine rings is 1. The molecule has 1 aromatic carbocycles. The number of amidine groups is 1. The zero-order valence-corrected chi connectivity index (χ0v) is 19.5. The van der Waals surface area contributed by atoms with Crippen LogP contribution in [0.5, 0.6) is 0 Å². The average Bonchev–Trinajstić information content (AvgIpc) is 3.39. The lowest BCUT2D eigenvalue weighted by Gasteiger charge is -2.33. The highest BCUT2D eigenvalue weighted by Gasteiger charge is 2.33. The van der Waals surface area contributed by atoms with E-state index < -0.39 is 10.0 Å². The lowest BCUT2D eigenvalue weighted by atomic mass is 10.1. The van der Waals surface area contributed by atoms with E-state index in [0.29, 0.717) is 23.0 Å². The summed E-state index contributed by atoms with van der Waals surface area (Å²) in [5, 5.41) is 7.44. The molecule has 3 N–H and O–H groups in total. The van der Waals surface area contributed by atoms with Crippen molar-refractivity contribution in [2.45, 2.75) is 10.8 Å². The number of halogens is 1. The lowest BCUT2D eigenvalue weighted by molar-refractivity contribution is -0.134. The first kappa shape index (κ1) is 22.0. The highest BCUT2D eigenvalue weighted by atomic mass is 35.5. The van der Waals surface area contributed by atoms with Gasteiger partial charge in [0, 0.05) is 35.0 Å². The molecule has 0 unspecified atom stereocenters. The number of nitrogens with one attached hydrogen (secondary N) is 1. The van der Waals surface area contributed by atoms with Crippen LogP contribution >= 0.6 is 34.3 Å². The molecule has 0 aliphatic carbocycles. The molecule has 4 rings (SSSR count). The van der Waals surface area contributed by atoms with Gasteiger partial charge < -0.3 is 10.6 Å². The minimum absolute atomic E-state index is 0.0136. The topological polar surface area (TPSA) is 108 Å². The molecule has 1 amide bonds. The van der Waals surface area contributed by atoms with Crippen LogP contribution in [0, 0.1) is 5.41 Å². The third kappa shape index (κ3) is 4.68. The van der Waals surface area contributed by atoms with Gasteiger partial charge in [0.1, 0.15) is 10.0 Å². The summed E-state index contributed by atoms with van der Waals surface area (Å²) in [6, 6.07) is 14.1. The van der Waals surface area contributed by atoms with Crippen molar-refractivity contribution < 1.29 is 13.2 Å². The zero-order valence-electron chi connectivity index (χ0n) is 16.2. The smallest absolute Gasteiger partial charge is 0.253 e. The summed E-state index contributed by atoms with van der Waals surface area (Å²) in [6.07, 6.45) is 0. The van der Waals surface area contributed by atoms with Gasteiger partial charge in [0.25, 0.3) is 10.0 Å². The monoisotopic (exact) mass is 494 g/mol. The Hall–Kier alpha value is -2.24. The minimum atomic E-state index is -3.75. The van der Waals surface area contributed by atoms with Crippen molar-refractivity contribution in [3.63, 3.8) is 0 Å². The Morgan fingerprint density at radius 3 is 2.32 bits per heavy atom. The summed E-state index contributed by atoms with van der Waals surface area (Å²) in [6.45, 7) is 0.738. The predicted molar refractivity (Wildman–Crippen MR) is 124 cm³/mol. The van der Waals surface area contributed by atoms with Crippen molar-refractivity contribution in [2.75, 3.05) is 19.6 Å². The maximum Gasteiger partial charge on any atom is 0.253 e. The number of thiophene rings is 2. The maximum absolute atomic E-state index is 13.1. The van der Waals surface area contributed by atoms with E-state index in [2.05, 4.69) is 0 Å². The Bertz CT molecular complexity index is 1230. The molecule has 1 saturated heterocycles. The number of nitrogen functional groups attached to an aromatic ring is 1. The van der Waals surface area contributed by atoms with Gasteiger partial charge >= 0.3 is 0 Å². The standard InChI is InChI=1S/C20H19ClN4O3S3/c21-17-7-5-15(29-17)16-6-8-19(30-16)31(27,28)25-10-9-24(18(26)12-25)11-13-1-3-14(4-2-13)20(22)23/h1-8H,9-12H2,(H3,22,23). The van der Waals surface area contributed by atoms with Crippen molar-refractivity contribution in [3.8, 4) is 9.75 Å². The Morgan fingerprint density at radius 2 is 1.71 bits per heavy atom. The van der Waals surface area contributed by atoms with Gasteiger partial charge in [-0.1, -0.05) is 35.9 Å². The average molecular weight is 495 g/mol. The zero-order chi connectivity index (χ0) is 22.2. The summed E-state index contributed by atoms with van der Waals surface area (Å²) >= 11 is 8.55. The molecule has 162 valence electrons. The third-order valence-electron chi connectivity index (χ3n) is 4.91. The minimum Gasteiger partial charge on any atom is -0.384 e. The van der Waals surface area contributed by atoms with Crippen LogP contribution in [0.25, 0.3) is 9.75 Å². The third-order valence-corrected chi connectivity index (χ3v) is 9.74. The summed E-state index contributed by atoms with van der Waals surface area (Å²) < 4.78 is 28.2. The molecule has 0 bridgehead atoms. The largest absolute Gasteiger partial charge is 0.384 e. The summed E-state index contributed by atoms with van der Waals surface area (Å²) in [5.41, 5.74) is 6.97. The number of hydrogen-bond acceptors (Lipinski definition) is 6. The molecule has 0 spiro atoms. The van der Waals surface area contributed by atoms with Crippen LogP contribution in [0.3, 0.4) is 0 Å². The van der Waals surface area contributed by atoms with E-state index in [0.717, 1.165) is 15.3 Å². The molecule has 0 saturated carbocycles. The summed E-state index contributed by atoms with van der Waals surface area (Å²) in [4.78, 5) is 16.0. The Balaban J connectivity index is 1.43. The van der Waals surface area contributed by atoms with Gasteiger partial charge in [0.2, 0.25) is 5.91 Å². The number of benzene rings is 1. The van der Waals surface area contributed by atoms with Gasteiger partial charge in [0.05, 0.1) is 10.9 Å². The number of rotatable bonds is 6. The van der Waals surface area contributed by atoms with Crippen molar-refractivity contribution in [2.24, 2.45) is 5.73 Å². The second-order valence-electron chi connectivity index (χ2n) is 6.99. The number of nitrogens with zero attached hydrogens (tertiary/aromatic N) is 2. The molecule has 1 fully saturated rings. The van der Waals surface area contributed by atoms with Gasteiger partial charge in [-0.05, 0) is 29.8 Å². The van der Waals surface area contributed by atoms with Crippen LogP contribution < -0.4 is 5.73 Å². The summed E-state index contributed by atoms with van der Waals surface area (Å²) in [7, 11) is -3.75. The molecule has 11 heteroatoms. The molecule has 31 heavy (non-hydrogen) atoms. The van der Waals surface area contributed by atoms with Crippen LogP contribution in [-0.2, 0) is 21.4 Å². The Kier molecular flexibility index (Phi) is 6.18. The van der Waals surface area contributed by atoms with E-state index >= 15 is 0 Å². The fourth-order valence-electron chi connectivity index (χ4n) is 3.23. The normalized spacial score (nSPS) is 15.4. The fraction of sp³-hybridized carbons (Fsp3) is 0.200. The second kappa shape index (κ2) is 8.71. The summed E-state index contributed by atoms with van der Waals surface area (Å²) in [5.74, 6) is -0.257. The molecular weight excluding hydrogens is 476 g/mol. The van der Waals surface area contributed by atoms with Crippen LogP contribution in [0.2, 0.25) is 4.34 Å². The lowest BCUT2D eigenvalue weighted by Crippen LogP contribution is -2.51. The Labute approximate surface area is 193 Å². The molecule has 2 aromatic heterocycles. The molecule has 0 radical (unpaired) electrons. The predicted octanol–water partition coefficient (Wildman–Crippen LogP) is 3.45. The number of sulfonamides is 1. The van der Waals surface area contributed by atoms with Crippen LogP contribution in [0.15, 0.2) is 52.7 Å². The number of nitrogens with two attached hydrogens (primary N) is 1. The van der Waals surface area contributed by atoms with Crippen molar-refractivity contribution in [1.29, 1.82) is 5.41 Å². The number of hydrogen-bond donors (Lipinski definition) is 2. The quantitative estimate of drug-likeness (QED) is 0.404. The second-order valence-corrected chi connectivity index (χ2v) is 12.0. The molecule has 3 aromatic rings. The molecule has 0 atom stereocenters. The highest BCUT2D eigenvalue weighted by Crippen LogP contribution is 2.37. The van der Waals surface area contributed by atoms with E-state index in [4.69, 9.17) is 22.7 Å². The van der Waals surface area contributed by atoms with Crippen LogP contribution in [0.4, 0.5) is 0 Å². The molecule has 7 nitrogen and oxygen atoms in total. The fourth-order valence-corrected chi connectivity index (χ4v) is 7.21. The number of amides is 1. The van der Waals surface area contributed by atoms with E-state index in [1.807, 2.05) is 18.2 Å². The van der Waals surface area contributed by atoms with Crippen LogP contribution in [0.1, 0.15) is 11.1 Å². The first-order valence-electron chi connectivity index (χ1n) is 9.31. The van der Waals surface area contributed by atoms with Crippen molar-refractivity contribution in [3.05, 3.63) is 64.0 Å². The maximum atomic E-state index is 13.1. The number of carbonyl (C=O) groups excluding carboxylic acids is 1. The van der Waals surface area contributed by atoms with Gasteiger partial charge in [0.15, 0.2) is 0 Å². The van der Waals surface area contributed by atoms with E-state index in [1.165, 1.54) is 27.0 Å². The first-order chi connectivity index (χ1) is 14.7. The number of carbonyl (C=O) groups is 1. The molecule has 1 aliphatic rings. The van der Waals surface area contributed by atoms with E-state index in [9.17, 15) is 13.2 Å². The van der Waals surface area contributed by atoms with Crippen molar-refractivity contribution >= 4 is 56.0 Å². The van der Waals surface area contributed by atoms with E-state index in [-0.39, 0.29) is 29.0 Å². The molecule has 3 heterocycles. The van der Waals surface area contributed by atoms with Crippen LogP contribution in [-0.4, -0.2) is 49.0 Å². The molecule has 1 aliphatic heterocycles. The SMILES string of the molecule is N=C(N)c1ccc(CN2CCN(S(=O)(=O)c3ccc(-c4ccc(Cl)s4)s3)CC2=O)cc1. The van der Waals surface area contributed by atoms with Crippen molar-refractivity contribution in [1.82, 2.24) is 9.21 Å².